The molecular formula is C21H29N7O2S. The summed E-state index contributed by atoms with van der Waals surface area (Å²) in [5.74, 6) is 0.541. The lowest BCUT2D eigenvalue weighted by Gasteiger charge is -2.38. The molecule has 2 aromatic rings. The van der Waals surface area contributed by atoms with Crippen molar-refractivity contribution in [3.05, 3.63) is 18.0 Å². The van der Waals surface area contributed by atoms with Crippen LogP contribution in [-0.4, -0.2) is 79.1 Å². The van der Waals surface area contributed by atoms with E-state index in [1.54, 1.807) is 17.1 Å². The van der Waals surface area contributed by atoms with Gasteiger partial charge in [0.05, 0.1) is 45.3 Å². The third kappa shape index (κ3) is 4.04. The Morgan fingerprint density at radius 3 is 2.48 bits per heavy atom. The second kappa shape index (κ2) is 8.55. The van der Waals surface area contributed by atoms with Crippen LogP contribution in [-0.2, 0) is 18.0 Å². The molecule has 4 heterocycles. The van der Waals surface area contributed by atoms with Gasteiger partial charge in [-0.3, -0.25) is 9.48 Å². The molecule has 0 radical (unpaired) electrons. The van der Waals surface area contributed by atoms with E-state index in [0.29, 0.717) is 50.6 Å². The molecular weight excluding hydrogens is 414 g/mol. The van der Waals surface area contributed by atoms with E-state index in [1.807, 2.05) is 30.1 Å². The van der Waals surface area contributed by atoms with Crippen molar-refractivity contribution >= 4 is 33.6 Å². The summed E-state index contributed by atoms with van der Waals surface area (Å²) in [5.41, 5.74) is 1.85. The summed E-state index contributed by atoms with van der Waals surface area (Å²) >= 11 is 0. The van der Waals surface area contributed by atoms with Crippen LogP contribution in [0.3, 0.4) is 0 Å². The molecule has 1 atom stereocenters. The van der Waals surface area contributed by atoms with E-state index in [4.69, 9.17) is 0 Å². The Morgan fingerprint density at radius 2 is 1.87 bits per heavy atom. The molecule has 31 heavy (non-hydrogen) atoms. The lowest BCUT2D eigenvalue weighted by atomic mass is 9.81. The van der Waals surface area contributed by atoms with Crippen LogP contribution >= 0.6 is 0 Å². The summed E-state index contributed by atoms with van der Waals surface area (Å²) < 4.78 is 15.7. The maximum absolute atomic E-state index is 13.5. The number of anilines is 1. The number of pyridine rings is 1. The van der Waals surface area contributed by atoms with Gasteiger partial charge < -0.3 is 9.80 Å². The number of amides is 1. The molecule has 0 saturated carbocycles. The number of carbonyl (C=O) groups excluding carboxylic acids is 1. The van der Waals surface area contributed by atoms with Crippen LogP contribution < -0.4 is 4.90 Å². The predicted molar refractivity (Wildman–Crippen MR) is 120 cm³/mol. The van der Waals surface area contributed by atoms with E-state index < -0.39 is 11.0 Å². The van der Waals surface area contributed by atoms with Crippen molar-refractivity contribution in [3.63, 3.8) is 0 Å². The SMILES string of the molecule is CCS(=O)N1CCN(C(=O)c2cnc3c(cnn3C)c2N2CCC(C)(C#N)CC2)CC1. The molecule has 2 aliphatic heterocycles. The smallest absolute Gasteiger partial charge is 0.257 e. The van der Waals surface area contributed by atoms with E-state index >= 15 is 0 Å². The first-order chi connectivity index (χ1) is 14.9. The van der Waals surface area contributed by atoms with Crippen molar-refractivity contribution in [3.8, 4) is 6.07 Å². The molecule has 2 saturated heterocycles. The number of nitrogens with zero attached hydrogens (tertiary/aromatic N) is 7. The van der Waals surface area contributed by atoms with Crippen LogP contribution in [0.25, 0.3) is 11.0 Å². The molecule has 1 amide bonds. The average molecular weight is 444 g/mol. The van der Waals surface area contributed by atoms with Gasteiger partial charge in [0, 0.05) is 58.3 Å². The highest BCUT2D eigenvalue weighted by molar-refractivity contribution is 7.82. The molecule has 0 aliphatic carbocycles. The van der Waals surface area contributed by atoms with Gasteiger partial charge in [-0.05, 0) is 19.8 Å². The number of aromatic nitrogens is 3. The van der Waals surface area contributed by atoms with E-state index in [9.17, 15) is 14.3 Å². The van der Waals surface area contributed by atoms with Crippen LogP contribution in [0.4, 0.5) is 5.69 Å². The number of fused-ring (bicyclic) bond motifs is 1. The fraction of sp³-hybridized carbons (Fsp3) is 0.619. The Hall–Kier alpha value is -2.51. The highest BCUT2D eigenvalue weighted by Crippen LogP contribution is 2.37. The van der Waals surface area contributed by atoms with Crippen molar-refractivity contribution < 1.29 is 9.00 Å². The van der Waals surface area contributed by atoms with E-state index in [-0.39, 0.29) is 11.3 Å². The molecule has 1 unspecified atom stereocenters. The minimum Gasteiger partial charge on any atom is -0.370 e. The molecule has 0 N–H and O–H groups in total. The third-order valence-electron chi connectivity index (χ3n) is 6.48. The summed E-state index contributed by atoms with van der Waals surface area (Å²) in [7, 11) is 0.863. The third-order valence-corrected chi connectivity index (χ3v) is 7.91. The number of piperazine rings is 1. The Balaban J connectivity index is 1.64. The zero-order chi connectivity index (χ0) is 22.2. The van der Waals surface area contributed by atoms with Crippen molar-refractivity contribution in [1.29, 1.82) is 5.26 Å². The van der Waals surface area contributed by atoms with Crippen LogP contribution in [0.15, 0.2) is 12.4 Å². The highest BCUT2D eigenvalue weighted by atomic mass is 32.2. The van der Waals surface area contributed by atoms with E-state index in [1.165, 1.54) is 0 Å². The number of rotatable bonds is 4. The zero-order valence-electron chi connectivity index (χ0n) is 18.4. The quantitative estimate of drug-likeness (QED) is 0.711. The van der Waals surface area contributed by atoms with Crippen LogP contribution in [0.5, 0.6) is 0 Å². The number of nitriles is 1. The average Bonchev–Trinajstić information content (AvgIpc) is 3.19. The normalized spacial score (nSPS) is 20.6. The fourth-order valence-corrected chi connectivity index (χ4v) is 5.30. The van der Waals surface area contributed by atoms with E-state index in [2.05, 4.69) is 21.1 Å². The largest absolute Gasteiger partial charge is 0.370 e. The molecule has 2 aromatic heterocycles. The number of hydrogen-bond acceptors (Lipinski definition) is 6. The summed E-state index contributed by atoms with van der Waals surface area (Å²) in [4.78, 5) is 22.1. The summed E-state index contributed by atoms with van der Waals surface area (Å²) in [6, 6.07) is 2.44. The lowest BCUT2D eigenvalue weighted by molar-refractivity contribution is 0.0701. The zero-order valence-corrected chi connectivity index (χ0v) is 19.2. The molecule has 0 bridgehead atoms. The standard InChI is InChI=1S/C21H29N7O2S/c1-4-31(30)28-11-9-27(10-12-28)20(29)17-13-23-19-16(14-24-25(19)3)18(17)26-7-5-21(2,15-22)6-8-26/h13-14H,4-12H2,1-3H3. The van der Waals surface area contributed by atoms with Gasteiger partial charge >= 0.3 is 0 Å². The lowest BCUT2D eigenvalue weighted by Crippen LogP contribution is -2.49. The van der Waals surface area contributed by atoms with Gasteiger partial charge in [0.2, 0.25) is 0 Å². The van der Waals surface area contributed by atoms with Crippen LogP contribution in [0.2, 0.25) is 0 Å². The predicted octanol–water partition coefficient (Wildman–Crippen LogP) is 1.54. The number of aryl methyl sites for hydroxylation is 1. The molecule has 9 nitrogen and oxygen atoms in total. The Bertz CT molecular complexity index is 1040. The van der Waals surface area contributed by atoms with Crippen molar-refractivity contribution in [2.24, 2.45) is 12.5 Å². The molecule has 4 rings (SSSR count). The van der Waals surface area contributed by atoms with Crippen molar-refractivity contribution in [2.75, 3.05) is 49.9 Å². The number of piperidine rings is 1. The van der Waals surface area contributed by atoms with Gasteiger partial charge in [-0.25, -0.2) is 13.5 Å². The van der Waals surface area contributed by atoms with Gasteiger partial charge in [-0.2, -0.15) is 10.4 Å². The van der Waals surface area contributed by atoms with Crippen molar-refractivity contribution in [1.82, 2.24) is 24.0 Å². The summed E-state index contributed by atoms with van der Waals surface area (Å²) in [5, 5.41) is 14.7. The second-order valence-electron chi connectivity index (χ2n) is 8.52. The van der Waals surface area contributed by atoms with Gasteiger partial charge in [-0.1, -0.05) is 6.92 Å². The Labute approximate surface area is 185 Å². The fourth-order valence-electron chi connectivity index (χ4n) is 4.36. The van der Waals surface area contributed by atoms with Crippen molar-refractivity contribution in [2.45, 2.75) is 26.7 Å². The molecule has 10 heteroatoms. The molecule has 0 aromatic carbocycles. The number of hydrogen-bond donors (Lipinski definition) is 0. The first-order valence-corrected chi connectivity index (χ1v) is 12.0. The number of carbonyl (C=O) groups is 1. The highest BCUT2D eigenvalue weighted by Gasteiger charge is 2.34. The first kappa shape index (κ1) is 21.7. The van der Waals surface area contributed by atoms with Crippen LogP contribution in [0, 0.1) is 16.7 Å². The van der Waals surface area contributed by atoms with Gasteiger partial charge in [0.1, 0.15) is 0 Å². The summed E-state index contributed by atoms with van der Waals surface area (Å²) in [6.07, 6.45) is 4.94. The topological polar surface area (TPSA) is 98.4 Å². The maximum atomic E-state index is 13.5. The van der Waals surface area contributed by atoms with Crippen LogP contribution in [0.1, 0.15) is 37.0 Å². The monoisotopic (exact) mass is 443 g/mol. The minimum absolute atomic E-state index is 0.0520. The molecule has 166 valence electrons. The molecule has 0 spiro atoms. The minimum atomic E-state index is -0.981. The van der Waals surface area contributed by atoms with Gasteiger partial charge in [-0.15, -0.1) is 0 Å². The first-order valence-electron chi connectivity index (χ1n) is 10.8. The molecule has 2 fully saturated rings. The second-order valence-corrected chi connectivity index (χ2v) is 10.3. The summed E-state index contributed by atoms with van der Waals surface area (Å²) in [6.45, 7) is 7.63. The van der Waals surface area contributed by atoms with Gasteiger partial charge in [0.25, 0.3) is 5.91 Å². The maximum Gasteiger partial charge on any atom is 0.257 e. The van der Waals surface area contributed by atoms with E-state index in [0.717, 1.165) is 29.6 Å². The Kier molecular flexibility index (Phi) is 5.99. The Morgan fingerprint density at radius 1 is 1.19 bits per heavy atom. The molecule has 2 aliphatic rings. The van der Waals surface area contributed by atoms with Gasteiger partial charge in [0.15, 0.2) is 5.65 Å².